The monoisotopic (exact) mass is 371 g/mol. The summed E-state index contributed by atoms with van der Waals surface area (Å²) < 4.78 is 5.94. The van der Waals surface area contributed by atoms with Gasteiger partial charge in [0.05, 0.1) is 6.10 Å². The van der Waals surface area contributed by atoms with Crippen LogP contribution in [0.4, 0.5) is 4.79 Å². The van der Waals surface area contributed by atoms with Crippen LogP contribution >= 0.6 is 11.6 Å². The summed E-state index contributed by atoms with van der Waals surface area (Å²) in [5, 5.41) is 6.66. The summed E-state index contributed by atoms with van der Waals surface area (Å²) in [6, 6.07) is 11.4. The molecule has 0 radical (unpaired) electrons. The fourth-order valence-electron chi connectivity index (χ4n) is 4.04. The lowest BCUT2D eigenvalue weighted by Gasteiger charge is -2.57. The number of carbonyl (C=O) groups excluding carboxylic acids is 1. The molecule has 0 bridgehead atoms. The minimum Gasteiger partial charge on any atom is -0.490 e. The third kappa shape index (κ3) is 3.93. The van der Waals surface area contributed by atoms with E-state index in [0.29, 0.717) is 17.0 Å². The summed E-state index contributed by atoms with van der Waals surface area (Å²) in [7, 11) is 0. The molecule has 4 rings (SSSR count). The summed E-state index contributed by atoms with van der Waals surface area (Å²) in [5.41, 5.74) is 1.40. The molecule has 0 unspecified atom stereocenters. The Labute approximate surface area is 158 Å². The first-order valence-electron chi connectivity index (χ1n) is 8.96. The van der Waals surface area contributed by atoms with Crippen LogP contribution < -0.4 is 15.4 Å². The fourth-order valence-corrected chi connectivity index (χ4v) is 4.17. The maximum absolute atomic E-state index is 12.0. The van der Waals surface area contributed by atoms with Gasteiger partial charge >= 0.3 is 6.03 Å². The number of amides is 2. The van der Waals surface area contributed by atoms with Crippen LogP contribution in [0.1, 0.15) is 31.2 Å². The number of halogens is 1. The molecular weight excluding hydrogens is 350 g/mol. The van der Waals surface area contributed by atoms with Gasteiger partial charge < -0.3 is 15.4 Å². The third-order valence-electron chi connectivity index (χ3n) is 5.33. The van der Waals surface area contributed by atoms with Gasteiger partial charge in [0.1, 0.15) is 5.75 Å². The molecule has 0 atom stereocenters. The van der Waals surface area contributed by atoms with Crippen molar-refractivity contribution in [3.63, 3.8) is 0 Å². The molecule has 2 saturated carbocycles. The van der Waals surface area contributed by atoms with E-state index >= 15 is 0 Å². The standard InChI is InChI=1S/C20H22ClN3O2/c21-15-3-1-14(2-4-15)13-23-19(25)24-16-9-20(10-16)11-18(12-20)26-17-5-7-22-8-6-17/h1-8,16,18H,9-13H2,(H2,23,24,25). The summed E-state index contributed by atoms with van der Waals surface area (Å²) in [6.45, 7) is 0.503. The molecule has 26 heavy (non-hydrogen) atoms. The topological polar surface area (TPSA) is 63.2 Å². The average Bonchev–Trinajstić information content (AvgIpc) is 2.58. The fraction of sp³-hybridized carbons (Fsp3) is 0.400. The maximum Gasteiger partial charge on any atom is 0.315 e. The van der Waals surface area contributed by atoms with Crippen molar-refractivity contribution in [2.45, 2.75) is 44.4 Å². The summed E-state index contributed by atoms with van der Waals surface area (Å²) in [6.07, 6.45) is 8.00. The van der Waals surface area contributed by atoms with Crippen molar-refractivity contribution in [2.75, 3.05) is 0 Å². The molecule has 0 saturated heterocycles. The van der Waals surface area contributed by atoms with Crippen LogP contribution in [-0.4, -0.2) is 23.2 Å². The third-order valence-corrected chi connectivity index (χ3v) is 5.59. The van der Waals surface area contributed by atoms with Crippen molar-refractivity contribution >= 4 is 17.6 Å². The van der Waals surface area contributed by atoms with Gasteiger partial charge in [-0.2, -0.15) is 0 Å². The highest BCUT2D eigenvalue weighted by molar-refractivity contribution is 6.30. The number of aromatic nitrogens is 1. The number of pyridine rings is 1. The molecule has 2 aliphatic rings. The van der Waals surface area contributed by atoms with E-state index in [0.717, 1.165) is 37.0 Å². The van der Waals surface area contributed by atoms with Gasteiger partial charge in [-0.05, 0) is 60.9 Å². The van der Waals surface area contributed by atoms with Crippen LogP contribution in [0.25, 0.3) is 0 Å². The van der Waals surface area contributed by atoms with E-state index in [4.69, 9.17) is 16.3 Å². The van der Waals surface area contributed by atoms with E-state index in [1.54, 1.807) is 12.4 Å². The zero-order valence-corrected chi connectivity index (χ0v) is 15.2. The number of benzene rings is 1. The smallest absolute Gasteiger partial charge is 0.315 e. The Bertz CT molecular complexity index is 752. The lowest BCUT2D eigenvalue weighted by atomic mass is 9.53. The van der Waals surface area contributed by atoms with E-state index < -0.39 is 0 Å². The number of nitrogens with zero attached hydrogens (tertiary/aromatic N) is 1. The van der Waals surface area contributed by atoms with Gasteiger partial charge in [0.25, 0.3) is 0 Å². The Hall–Kier alpha value is -2.27. The molecular formula is C20H22ClN3O2. The molecule has 5 nitrogen and oxygen atoms in total. The zero-order chi connectivity index (χ0) is 18.0. The van der Waals surface area contributed by atoms with Crippen LogP contribution in [0.5, 0.6) is 5.75 Å². The van der Waals surface area contributed by atoms with Crippen molar-refractivity contribution in [3.8, 4) is 5.75 Å². The molecule has 136 valence electrons. The number of nitrogens with one attached hydrogen (secondary N) is 2. The number of hydrogen-bond donors (Lipinski definition) is 2. The maximum atomic E-state index is 12.0. The van der Waals surface area contributed by atoms with E-state index in [2.05, 4.69) is 15.6 Å². The Morgan fingerprint density at radius 2 is 1.81 bits per heavy atom. The van der Waals surface area contributed by atoms with Gasteiger partial charge in [0.15, 0.2) is 0 Å². The molecule has 2 fully saturated rings. The second kappa shape index (κ2) is 7.16. The average molecular weight is 372 g/mol. The Morgan fingerprint density at radius 3 is 2.50 bits per heavy atom. The first kappa shape index (κ1) is 17.2. The Kier molecular flexibility index (Phi) is 4.72. The highest BCUT2D eigenvalue weighted by Crippen LogP contribution is 2.56. The normalized spacial score (nSPS) is 26.5. The van der Waals surface area contributed by atoms with Gasteiger partial charge in [0.2, 0.25) is 0 Å². The van der Waals surface area contributed by atoms with Crippen LogP contribution in [0.3, 0.4) is 0 Å². The van der Waals surface area contributed by atoms with Gasteiger partial charge in [-0.3, -0.25) is 4.98 Å². The van der Waals surface area contributed by atoms with Crippen molar-refractivity contribution in [1.82, 2.24) is 15.6 Å². The molecule has 1 spiro atoms. The van der Waals surface area contributed by atoms with Gasteiger partial charge in [0, 0.05) is 30.0 Å². The van der Waals surface area contributed by atoms with Crippen LogP contribution in [0, 0.1) is 5.41 Å². The minimum absolute atomic E-state index is 0.108. The SMILES string of the molecule is O=C(NCc1ccc(Cl)cc1)NC1CC2(C1)CC(Oc1ccncc1)C2. The zero-order valence-electron chi connectivity index (χ0n) is 14.5. The number of rotatable bonds is 5. The quantitative estimate of drug-likeness (QED) is 0.837. The number of carbonyl (C=O) groups is 1. The largest absolute Gasteiger partial charge is 0.490 e. The summed E-state index contributed by atoms with van der Waals surface area (Å²) >= 11 is 5.86. The summed E-state index contributed by atoms with van der Waals surface area (Å²) in [5.74, 6) is 0.885. The van der Waals surface area contributed by atoms with E-state index in [-0.39, 0.29) is 18.2 Å². The van der Waals surface area contributed by atoms with Gasteiger partial charge in [-0.1, -0.05) is 23.7 Å². The van der Waals surface area contributed by atoms with Gasteiger partial charge in [-0.25, -0.2) is 4.79 Å². The number of urea groups is 1. The van der Waals surface area contributed by atoms with Crippen LogP contribution in [0.2, 0.25) is 5.02 Å². The number of hydrogen-bond acceptors (Lipinski definition) is 3. The lowest BCUT2D eigenvalue weighted by molar-refractivity contribution is -0.0829. The molecule has 1 aromatic carbocycles. The second-order valence-electron chi connectivity index (χ2n) is 7.39. The molecule has 2 amide bonds. The van der Waals surface area contributed by atoms with Crippen molar-refractivity contribution in [3.05, 3.63) is 59.4 Å². The molecule has 1 heterocycles. The second-order valence-corrected chi connectivity index (χ2v) is 7.83. The predicted molar refractivity (Wildman–Crippen MR) is 100 cm³/mol. The van der Waals surface area contributed by atoms with Crippen molar-refractivity contribution < 1.29 is 9.53 Å². The first-order chi connectivity index (χ1) is 12.6. The van der Waals surface area contributed by atoms with Gasteiger partial charge in [-0.15, -0.1) is 0 Å². The Balaban J connectivity index is 1.14. The predicted octanol–water partition coefficient (Wildman–Crippen LogP) is 3.92. The van der Waals surface area contributed by atoms with E-state index in [1.807, 2.05) is 36.4 Å². The van der Waals surface area contributed by atoms with E-state index in [9.17, 15) is 4.79 Å². The summed E-state index contributed by atoms with van der Waals surface area (Å²) in [4.78, 5) is 16.0. The van der Waals surface area contributed by atoms with Crippen molar-refractivity contribution in [1.29, 1.82) is 0 Å². The van der Waals surface area contributed by atoms with Crippen LogP contribution in [-0.2, 0) is 6.54 Å². The highest BCUT2D eigenvalue weighted by atomic mass is 35.5. The molecule has 2 aromatic rings. The molecule has 6 heteroatoms. The molecule has 1 aromatic heterocycles. The van der Waals surface area contributed by atoms with Crippen LogP contribution in [0.15, 0.2) is 48.8 Å². The van der Waals surface area contributed by atoms with E-state index in [1.165, 1.54) is 0 Å². The number of ether oxygens (including phenoxy) is 1. The molecule has 2 N–H and O–H groups in total. The van der Waals surface area contributed by atoms with Crippen molar-refractivity contribution in [2.24, 2.45) is 5.41 Å². The molecule has 0 aliphatic heterocycles. The molecule has 2 aliphatic carbocycles. The Morgan fingerprint density at radius 1 is 1.12 bits per heavy atom. The minimum atomic E-state index is -0.108. The first-order valence-corrected chi connectivity index (χ1v) is 9.34. The highest BCUT2D eigenvalue weighted by Gasteiger charge is 2.54. The lowest BCUT2D eigenvalue weighted by Crippen LogP contribution is -2.59.